The highest BCUT2D eigenvalue weighted by Crippen LogP contribution is 2.33. The van der Waals surface area contributed by atoms with E-state index in [4.69, 9.17) is 23.2 Å². The minimum atomic E-state index is -4.73. The first-order valence-corrected chi connectivity index (χ1v) is 17.8. The summed E-state index contributed by atoms with van der Waals surface area (Å²) in [5.74, 6) is -2.31. The molecule has 0 unspecified atom stereocenters. The zero-order valence-corrected chi connectivity index (χ0v) is 30.4. The van der Waals surface area contributed by atoms with Gasteiger partial charge in [-0.1, -0.05) is 59.6 Å². The third kappa shape index (κ3) is 9.13. The molecule has 6 rings (SSSR count). The molecule has 0 spiro atoms. The maximum absolute atomic E-state index is 13.2. The number of nitrogens with one attached hydrogen (secondary N) is 2. The van der Waals surface area contributed by atoms with Crippen molar-refractivity contribution in [3.8, 4) is 0 Å². The van der Waals surface area contributed by atoms with Crippen molar-refractivity contribution in [2.75, 3.05) is 23.7 Å². The Hall–Kier alpha value is -5.48. The molecule has 0 radical (unpaired) electrons. The number of amides is 4. The average molecular weight is 820 g/mol. The summed E-state index contributed by atoms with van der Waals surface area (Å²) >= 11 is 11.8. The van der Waals surface area contributed by atoms with Gasteiger partial charge in [-0.25, -0.2) is 9.97 Å². The second kappa shape index (κ2) is 16.3. The number of hydrogen-bond acceptors (Lipinski definition) is 6. The third-order valence-electron chi connectivity index (χ3n) is 9.20. The van der Waals surface area contributed by atoms with Crippen LogP contribution in [0.25, 0.3) is 12.2 Å². The highest BCUT2D eigenvalue weighted by atomic mass is 35.5. The molecule has 4 aromatic rings. The van der Waals surface area contributed by atoms with E-state index >= 15 is 0 Å². The summed E-state index contributed by atoms with van der Waals surface area (Å²) in [5.41, 5.74) is -0.425. The number of carbonyl (C=O) groups is 4. The zero-order chi connectivity index (χ0) is 40.4. The third-order valence-corrected chi connectivity index (χ3v) is 9.77. The Morgan fingerprint density at radius 1 is 0.589 bits per heavy atom. The van der Waals surface area contributed by atoms with Gasteiger partial charge in [0.2, 0.25) is 11.8 Å². The fourth-order valence-electron chi connectivity index (χ4n) is 6.38. The smallest absolute Gasteiger partial charge is 0.327 e. The second-order valence-corrected chi connectivity index (χ2v) is 13.7. The minimum absolute atomic E-state index is 0.216. The van der Waals surface area contributed by atoms with E-state index in [0.29, 0.717) is 49.2 Å². The van der Waals surface area contributed by atoms with Crippen molar-refractivity contribution in [1.82, 2.24) is 19.8 Å². The fraction of sp³-hybridized carbons (Fsp3) is 0.263. The number of alkyl halides is 6. The highest BCUT2D eigenvalue weighted by molar-refractivity contribution is 6.33. The van der Waals surface area contributed by atoms with Crippen LogP contribution in [0.2, 0.25) is 10.3 Å². The summed E-state index contributed by atoms with van der Waals surface area (Å²) in [7, 11) is 0. The highest BCUT2D eigenvalue weighted by Gasteiger charge is 2.39. The monoisotopic (exact) mass is 818 g/mol. The van der Waals surface area contributed by atoms with E-state index in [1.807, 2.05) is 12.2 Å². The molecule has 0 bridgehead atoms. The van der Waals surface area contributed by atoms with Crippen molar-refractivity contribution in [2.45, 2.75) is 50.1 Å². The quantitative estimate of drug-likeness (QED) is 0.104. The Balaban J connectivity index is 1.02. The van der Waals surface area contributed by atoms with E-state index in [9.17, 15) is 45.5 Å². The number of halogens is 8. The van der Waals surface area contributed by atoms with Crippen molar-refractivity contribution in [3.63, 3.8) is 0 Å². The van der Waals surface area contributed by atoms with Crippen LogP contribution in [0, 0.1) is 0 Å². The molecule has 2 aromatic carbocycles. The molecule has 0 saturated carbocycles. The number of benzene rings is 2. The number of pyridine rings is 2. The number of carbonyl (C=O) groups excluding carboxylic acids is 4. The van der Waals surface area contributed by atoms with E-state index in [1.54, 1.807) is 48.5 Å². The van der Waals surface area contributed by atoms with Crippen molar-refractivity contribution < 1.29 is 45.5 Å². The molecule has 0 aliphatic carbocycles. The van der Waals surface area contributed by atoms with Crippen LogP contribution in [0.3, 0.4) is 0 Å². The second-order valence-electron chi connectivity index (χ2n) is 12.9. The molecular weight excluding hydrogens is 789 g/mol. The van der Waals surface area contributed by atoms with E-state index in [2.05, 4.69) is 20.6 Å². The van der Waals surface area contributed by atoms with Crippen LogP contribution >= 0.6 is 23.2 Å². The molecule has 18 heteroatoms. The van der Waals surface area contributed by atoms with Crippen LogP contribution in [0.15, 0.2) is 72.8 Å². The van der Waals surface area contributed by atoms with Crippen molar-refractivity contribution in [3.05, 3.63) is 117 Å². The van der Waals surface area contributed by atoms with Gasteiger partial charge in [0.05, 0.1) is 11.1 Å². The Morgan fingerprint density at radius 2 is 0.946 bits per heavy atom. The van der Waals surface area contributed by atoms with Gasteiger partial charge in [-0.2, -0.15) is 26.3 Å². The Kier molecular flexibility index (Phi) is 11.7. The summed E-state index contributed by atoms with van der Waals surface area (Å²) in [6, 6.07) is 15.2. The molecule has 2 N–H and O–H groups in total. The van der Waals surface area contributed by atoms with Crippen molar-refractivity contribution in [1.29, 1.82) is 0 Å². The Labute approximate surface area is 325 Å². The SMILES string of the molecule is O=C(Nc1ccc(/C=C/c2ccc(NC(=O)[C@@H]3CCCN3C(=O)c3ccc(C(F)(F)F)nc3Cl)cc2)cc1)[C@@H]1CCCN1C(=O)c1ccc(C(F)(F)F)nc1Cl. The zero-order valence-electron chi connectivity index (χ0n) is 28.9. The van der Waals surface area contributed by atoms with E-state index in [1.165, 1.54) is 9.80 Å². The number of hydrogen-bond donors (Lipinski definition) is 2. The molecule has 10 nitrogen and oxygen atoms in total. The lowest BCUT2D eigenvalue weighted by Crippen LogP contribution is -2.43. The normalized spacial score (nSPS) is 17.4. The first kappa shape index (κ1) is 40.2. The van der Waals surface area contributed by atoms with Gasteiger partial charge >= 0.3 is 12.4 Å². The van der Waals surface area contributed by atoms with E-state index in [-0.39, 0.29) is 24.2 Å². The molecule has 2 aliphatic rings. The van der Waals surface area contributed by atoms with Gasteiger partial charge in [0.1, 0.15) is 33.8 Å². The molecule has 56 heavy (non-hydrogen) atoms. The van der Waals surface area contributed by atoms with Gasteiger partial charge in [-0.05, 0) is 85.3 Å². The standard InChI is InChI=1S/C38H30Cl2F6N6O4/c39-31-25(15-17-29(49-31)37(41,42)43)35(55)51-19-1-3-27(51)33(53)47-23-11-7-21(8-12-23)5-6-22-9-13-24(14-10-22)48-34(54)28-4-2-20-52(28)36(56)26-16-18-30(38(44,45)46)50-32(26)40/h5-18,27-28H,1-4,19-20H2,(H,47,53)(H,48,54)/b6-5+/t27-,28-/m0/s1. The molecule has 292 valence electrons. The largest absolute Gasteiger partial charge is 0.433 e. The van der Waals surface area contributed by atoms with Gasteiger partial charge in [0.15, 0.2) is 0 Å². The Bertz CT molecular complexity index is 2030. The van der Waals surface area contributed by atoms with Crippen LogP contribution in [-0.2, 0) is 21.9 Å². The lowest BCUT2D eigenvalue weighted by Gasteiger charge is -2.24. The number of likely N-dealkylation sites (tertiary alicyclic amines) is 2. The number of rotatable bonds is 8. The summed E-state index contributed by atoms with van der Waals surface area (Å²) in [5, 5.41) is 4.35. The fourth-order valence-corrected chi connectivity index (χ4v) is 6.85. The van der Waals surface area contributed by atoms with Crippen LogP contribution in [-0.4, -0.2) is 68.6 Å². The molecule has 4 heterocycles. The lowest BCUT2D eigenvalue weighted by molar-refractivity contribution is -0.141. The summed E-state index contributed by atoms with van der Waals surface area (Å²) in [6.45, 7) is 0.432. The van der Waals surface area contributed by atoms with E-state index in [0.717, 1.165) is 23.3 Å². The average Bonchev–Trinajstić information content (AvgIpc) is 3.85. The molecular formula is C38H30Cl2F6N6O4. The first-order valence-electron chi connectivity index (χ1n) is 17.1. The first-order chi connectivity index (χ1) is 26.5. The lowest BCUT2D eigenvalue weighted by atomic mass is 10.1. The number of anilines is 2. The minimum Gasteiger partial charge on any atom is -0.327 e. The maximum atomic E-state index is 13.2. The van der Waals surface area contributed by atoms with E-state index < -0.39 is 69.8 Å². The van der Waals surface area contributed by atoms with Crippen LogP contribution in [0.5, 0.6) is 0 Å². The van der Waals surface area contributed by atoms with Gasteiger partial charge in [0, 0.05) is 24.5 Å². The molecule has 2 saturated heterocycles. The van der Waals surface area contributed by atoms with Crippen LogP contribution in [0.4, 0.5) is 37.7 Å². The van der Waals surface area contributed by atoms with Crippen molar-refractivity contribution in [2.24, 2.45) is 0 Å². The number of nitrogens with zero attached hydrogens (tertiary/aromatic N) is 4. The van der Waals surface area contributed by atoms with Gasteiger partial charge in [-0.3, -0.25) is 19.2 Å². The van der Waals surface area contributed by atoms with Gasteiger partial charge in [-0.15, -0.1) is 0 Å². The topological polar surface area (TPSA) is 125 Å². The summed E-state index contributed by atoms with van der Waals surface area (Å²) in [4.78, 5) is 61.7. The number of aromatic nitrogens is 2. The van der Waals surface area contributed by atoms with Gasteiger partial charge < -0.3 is 20.4 Å². The molecule has 2 atom stereocenters. The molecule has 4 amide bonds. The van der Waals surface area contributed by atoms with Gasteiger partial charge in [0.25, 0.3) is 11.8 Å². The predicted molar refractivity (Wildman–Crippen MR) is 196 cm³/mol. The Morgan fingerprint density at radius 3 is 1.27 bits per heavy atom. The molecule has 2 aromatic heterocycles. The maximum Gasteiger partial charge on any atom is 0.433 e. The predicted octanol–water partition coefficient (Wildman–Crippen LogP) is 8.48. The van der Waals surface area contributed by atoms with Crippen LogP contribution in [0.1, 0.15) is 68.9 Å². The molecule has 2 aliphatic heterocycles. The summed E-state index contributed by atoms with van der Waals surface area (Å²) < 4.78 is 78.0. The molecule has 2 fully saturated rings. The van der Waals surface area contributed by atoms with Crippen LogP contribution < -0.4 is 10.6 Å². The summed E-state index contributed by atoms with van der Waals surface area (Å²) in [6.07, 6.45) is -4.09. The van der Waals surface area contributed by atoms with Crippen molar-refractivity contribution >= 4 is 70.4 Å².